The Morgan fingerprint density at radius 2 is 1.86 bits per heavy atom. The quantitative estimate of drug-likeness (QED) is 0.766. The van der Waals surface area contributed by atoms with E-state index >= 15 is 0 Å². The summed E-state index contributed by atoms with van der Waals surface area (Å²) in [6.07, 6.45) is 3.91. The van der Waals surface area contributed by atoms with Crippen molar-refractivity contribution < 1.29 is 19.4 Å². The van der Waals surface area contributed by atoms with Crippen LogP contribution in [0.15, 0.2) is 30.5 Å². The molecule has 0 spiro atoms. The minimum atomic E-state index is -0.960. The lowest BCUT2D eigenvalue weighted by Crippen LogP contribution is -2.39. The maximum absolute atomic E-state index is 12.8. The van der Waals surface area contributed by atoms with Gasteiger partial charge in [0, 0.05) is 18.7 Å². The van der Waals surface area contributed by atoms with Gasteiger partial charge < -0.3 is 14.7 Å². The van der Waals surface area contributed by atoms with Crippen molar-refractivity contribution in [3.63, 3.8) is 0 Å². The molecule has 7 nitrogen and oxygen atoms in total. The van der Waals surface area contributed by atoms with Gasteiger partial charge in [-0.25, -0.2) is 4.79 Å². The van der Waals surface area contributed by atoms with Crippen molar-refractivity contribution in [3.8, 4) is 5.75 Å². The van der Waals surface area contributed by atoms with E-state index in [4.69, 9.17) is 4.74 Å². The Balaban J connectivity index is 1.55. The van der Waals surface area contributed by atoms with Crippen LogP contribution in [0, 0.1) is 12.8 Å². The minimum absolute atomic E-state index is 0.0144. The summed E-state index contributed by atoms with van der Waals surface area (Å²) in [6, 6.07) is 7.44. The Hall–Kier alpha value is -2.83. The number of carboxylic acids is 1. The second kappa shape index (κ2) is 9.11. The molecule has 29 heavy (non-hydrogen) atoms. The number of ether oxygens (including phenoxy) is 1. The van der Waals surface area contributed by atoms with Gasteiger partial charge in [-0.05, 0) is 56.4 Å². The molecule has 1 amide bonds. The molecule has 3 rings (SSSR count). The highest BCUT2D eigenvalue weighted by Gasteiger charge is 2.27. The van der Waals surface area contributed by atoms with Gasteiger partial charge >= 0.3 is 5.97 Å². The van der Waals surface area contributed by atoms with E-state index in [2.05, 4.69) is 18.9 Å². The monoisotopic (exact) mass is 399 g/mol. The number of hydrogen-bond donors (Lipinski definition) is 1. The van der Waals surface area contributed by atoms with Gasteiger partial charge in [0.1, 0.15) is 11.3 Å². The molecule has 2 heterocycles. The highest BCUT2D eigenvalue weighted by Crippen LogP contribution is 2.26. The van der Waals surface area contributed by atoms with Crippen molar-refractivity contribution in [1.82, 2.24) is 14.7 Å². The molecule has 0 bridgehead atoms. The maximum atomic E-state index is 12.8. The summed E-state index contributed by atoms with van der Waals surface area (Å²) in [5, 5.41) is 13.4. The van der Waals surface area contributed by atoms with Crippen LogP contribution in [0.3, 0.4) is 0 Å². The number of carbonyl (C=O) groups excluding carboxylic acids is 1. The van der Waals surface area contributed by atoms with Crippen LogP contribution in [0.2, 0.25) is 0 Å². The number of aromatic carboxylic acids is 1. The number of carboxylic acid groups (broad SMARTS) is 1. The molecule has 1 fully saturated rings. The van der Waals surface area contributed by atoms with E-state index in [1.807, 2.05) is 29.2 Å². The molecular weight excluding hydrogens is 370 g/mol. The van der Waals surface area contributed by atoms with E-state index in [0.29, 0.717) is 36.9 Å². The summed E-state index contributed by atoms with van der Waals surface area (Å²) in [5.74, 6) is 0.433. The molecule has 1 saturated heterocycles. The van der Waals surface area contributed by atoms with Crippen molar-refractivity contribution in [3.05, 3.63) is 47.3 Å². The lowest BCUT2D eigenvalue weighted by molar-refractivity contribution is 0.0688. The number of rotatable bonds is 7. The van der Waals surface area contributed by atoms with Crippen LogP contribution in [-0.4, -0.2) is 51.4 Å². The van der Waals surface area contributed by atoms with Gasteiger partial charge in [0.25, 0.3) is 5.91 Å². The second-order valence-electron chi connectivity index (χ2n) is 7.97. The first-order chi connectivity index (χ1) is 13.9. The van der Waals surface area contributed by atoms with E-state index in [0.717, 1.165) is 25.0 Å². The first kappa shape index (κ1) is 20.9. The standard InChI is InChI=1S/C22H29N3O4/c1-15(2)10-13-29-19-6-4-17(5-7-19)21(26)24-11-8-18(9-12-24)25-16(3)20(14-23-25)22(27)28/h4-7,14-15,18H,8-13H2,1-3H3,(H,27,28). The molecule has 1 aliphatic heterocycles. The zero-order valence-corrected chi connectivity index (χ0v) is 17.3. The van der Waals surface area contributed by atoms with Crippen LogP contribution in [0.25, 0.3) is 0 Å². The van der Waals surface area contributed by atoms with Crippen LogP contribution in [0.5, 0.6) is 5.75 Å². The predicted octanol–water partition coefficient (Wildman–Crippen LogP) is 3.79. The second-order valence-corrected chi connectivity index (χ2v) is 7.97. The maximum Gasteiger partial charge on any atom is 0.339 e. The van der Waals surface area contributed by atoms with Crippen LogP contribution in [0.1, 0.15) is 65.6 Å². The SMILES string of the molecule is Cc1c(C(=O)O)cnn1C1CCN(C(=O)c2ccc(OCCC(C)C)cc2)CC1. The Kier molecular flexibility index (Phi) is 6.56. The van der Waals surface area contributed by atoms with Gasteiger partial charge in [0.05, 0.1) is 24.5 Å². The number of amides is 1. The fraction of sp³-hybridized carbons (Fsp3) is 0.500. The Bertz CT molecular complexity index is 849. The van der Waals surface area contributed by atoms with E-state index in [1.165, 1.54) is 6.20 Å². The van der Waals surface area contributed by atoms with Crippen molar-refractivity contribution in [2.75, 3.05) is 19.7 Å². The van der Waals surface area contributed by atoms with E-state index in [9.17, 15) is 14.7 Å². The number of carbonyl (C=O) groups is 2. The van der Waals surface area contributed by atoms with Gasteiger partial charge in [0.2, 0.25) is 0 Å². The molecule has 7 heteroatoms. The van der Waals surface area contributed by atoms with E-state index < -0.39 is 5.97 Å². The highest BCUT2D eigenvalue weighted by molar-refractivity contribution is 5.94. The molecule has 0 unspecified atom stereocenters. The van der Waals surface area contributed by atoms with Crippen LogP contribution >= 0.6 is 0 Å². The lowest BCUT2D eigenvalue weighted by Gasteiger charge is -2.32. The number of aromatic nitrogens is 2. The number of hydrogen-bond acceptors (Lipinski definition) is 4. The van der Waals surface area contributed by atoms with Crippen molar-refractivity contribution in [1.29, 1.82) is 0 Å². The molecule has 1 aliphatic rings. The minimum Gasteiger partial charge on any atom is -0.494 e. The molecule has 0 saturated carbocycles. The van der Waals surface area contributed by atoms with Crippen LogP contribution < -0.4 is 4.74 Å². The zero-order valence-electron chi connectivity index (χ0n) is 17.3. The lowest BCUT2D eigenvalue weighted by atomic mass is 10.0. The predicted molar refractivity (Wildman–Crippen MR) is 109 cm³/mol. The molecule has 1 aromatic carbocycles. The van der Waals surface area contributed by atoms with Crippen LogP contribution in [0.4, 0.5) is 0 Å². The van der Waals surface area contributed by atoms with E-state index in [1.54, 1.807) is 11.6 Å². The first-order valence-corrected chi connectivity index (χ1v) is 10.2. The number of nitrogens with zero attached hydrogens (tertiary/aromatic N) is 3. The zero-order chi connectivity index (χ0) is 21.0. The Labute approximate surface area is 171 Å². The molecule has 0 radical (unpaired) electrons. The number of piperidine rings is 1. The topological polar surface area (TPSA) is 84.7 Å². The molecule has 1 aromatic heterocycles. The third-order valence-electron chi connectivity index (χ3n) is 5.44. The molecular formula is C22H29N3O4. The van der Waals surface area contributed by atoms with Crippen LogP contribution in [-0.2, 0) is 0 Å². The summed E-state index contributed by atoms with van der Waals surface area (Å²) in [7, 11) is 0. The summed E-state index contributed by atoms with van der Waals surface area (Å²) in [4.78, 5) is 25.9. The molecule has 0 aliphatic carbocycles. The van der Waals surface area contributed by atoms with Gasteiger partial charge in [-0.2, -0.15) is 5.10 Å². The van der Waals surface area contributed by atoms with Crippen molar-refractivity contribution in [2.24, 2.45) is 5.92 Å². The fourth-order valence-electron chi connectivity index (χ4n) is 3.60. The summed E-state index contributed by atoms with van der Waals surface area (Å²) in [6.45, 7) is 8.02. The number of likely N-dealkylation sites (tertiary alicyclic amines) is 1. The smallest absolute Gasteiger partial charge is 0.339 e. The fourth-order valence-corrected chi connectivity index (χ4v) is 3.60. The summed E-state index contributed by atoms with van der Waals surface area (Å²) < 4.78 is 7.50. The van der Waals surface area contributed by atoms with Crippen molar-refractivity contribution in [2.45, 2.75) is 46.1 Å². The first-order valence-electron chi connectivity index (χ1n) is 10.2. The Morgan fingerprint density at radius 1 is 1.21 bits per heavy atom. The van der Waals surface area contributed by atoms with Gasteiger partial charge in [0.15, 0.2) is 0 Å². The van der Waals surface area contributed by atoms with Gasteiger partial charge in [-0.1, -0.05) is 13.8 Å². The third-order valence-corrected chi connectivity index (χ3v) is 5.44. The molecule has 1 N–H and O–H groups in total. The summed E-state index contributed by atoms with van der Waals surface area (Å²) in [5.41, 5.74) is 1.55. The largest absolute Gasteiger partial charge is 0.494 e. The third kappa shape index (κ3) is 4.96. The average Bonchev–Trinajstić information content (AvgIpc) is 3.09. The Morgan fingerprint density at radius 3 is 2.41 bits per heavy atom. The molecule has 156 valence electrons. The normalized spacial score (nSPS) is 15.0. The van der Waals surface area contributed by atoms with Crippen molar-refractivity contribution >= 4 is 11.9 Å². The molecule has 2 aromatic rings. The summed E-state index contributed by atoms with van der Waals surface area (Å²) >= 11 is 0. The highest BCUT2D eigenvalue weighted by atomic mass is 16.5. The van der Waals surface area contributed by atoms with Gasteiger partial charge in [-0.3, -0.25) is 9.48 Å². The van der Waals surface area contributed by atoms with Gasteiger partial charge in [-0.15, -0.1) is 0 Å². The molecule has 0 atom stereocenters. The van der Waals surface area contributed by atoms with E-state index in [-0.39, 0.29) is 17.5 Å². The average molecular weight is 399 g/mol. The number of benzene rings is 1.